The molecule has 0 aromatic heterocycles. The predicted octanol–water partition coefficient (Wildman–Crippen LogP) is 2.39. The molecule has 0 atom stereocenters. The molecule has 1 saturated heterocycles. The van der Waals surface area contributed by atoms with E-state index in [-0.39, 0.29) is 11.3 Å². The number of likely N-dealkylation sites (N-methyl/N-ethyl adjacent to an activating group) is 1. The molecule has 1 spiro atoms. The molecule has 2 aliphatic rings. The van der Waals surface area contributed by atoms with E-state index >= 15 is 0 Å². The van der Waals surface area contributed by atoms with Crippen LogP contribution in [0.5, 0.6) is 0 Å². The number of carbonyl (C=O) groups is 1. The molecule has 1 aromatic carbocycles. The number of anilines is 1. The van der Waals surface area contributed by atoms with Crippen molar-refractivity contribution < 1.29 is 4.79 Å². The van der Waals surface area contributed by atoms with Crippen molar-refractivity contribution in [1.82, 2.24) is 4.90 Å². The molecule has 3 rings (SSSR count). The molecule has 2 aliphatic heterocycles. The summed E-state index contributed by atoms with van der Waals surface area (Å²) >= 11 is 3.53. The van der Waals surface area contributed by atoms with Crippen LogP contribution in [0, 0.1) is 0 Å². The Kier molecular flexibility index (Phi) is 2.75. The van der Waals surface area contributed by atoms with Gasteiger partial charge in [-0.25, -0.2) is 0 Å². The first-order valence-corrected chi connectivity index (χ1v) is 7.11. The van der Waals surface area contributed by atoms with Crippen LogP contribution >= 0.6 is 15.9 Å². The number of rotatable bonds is 0. The van der Waals surface area contributed by atoms with Crippen molar-refractivity contribution in [3.8, 4) is 0 Å². The smallest absolute Gasteiger partial charge is 0.237 e. The number of nitrogens with zero attached hydrogens (tertiary/aromatic N) is 2. The van der Waals surface area contributed by atoms with Crippen LogP contribution in [0.25, 0.3) is 0 Å². The molecule has 2 heterocycles. The second-order valence-electron chi connectivity index (χ2n) is 5.41. The summed E-state index contributed by atoms with van der Waals surface area (Å²) in [7, 11) is 4.01. The van der Waals surface area contributed by atoms with Crippen molar-refractivity contribution in [3.63, 3.8) is 0 Å². The molecule has 3 nitrogen and oxygen atoms in total. The molecule has 0 unspecified atom stereocenters. The highest BCUT2D eigenvalue weighted by Crippen LogP contribution is 2.47. The first kappa shape index (κ1) is 12.2. The summed E-state index contributed by atoms with van der Waals surface area (Å²) in [6.45, 7) is 1.98. The van der Waals surface area contributed by atoms with E-state index < -0.39 is 0 Å². The molecule has 1 fully saturated rings. The van der Waals surface area contributed by atoms with Crippen molar-refractivity contribution in [1.29, 1.82) is 0 Å². The Hall–Kier alpha value is -0.870. The Bertz CT molecular complexity index is 507. The minimum absolute atomic E-state index is 0.267. The summed E-state index contributed by atoms with van der Waals surface area (Å²) in [6, 6.07) is 6.18. The van der Waals surface area contributed by atoms with E-state index in [0.717, 1.165) is 36.1 Å². The summed E-state index contributed by atoms with van der Waals surface area (Å²) in [6.07, 6.45) is 1.85. The maximum absolute atomic E-state index is 12.6. The Balaban J connectivity index is 2.11. The largest absolute Gasteiger partial charge is 0.314 e. The highest BCUT2D eigenvalue weighted by atomic mass is 79.9. The second kappa shape index (κ2) is 4.07. The van der Waals surface area contributed by atoms with Crippen LogP contribution < -0.4 is 4.90 Å². The number of halogens is 1. The molecular weight excluding hydrogens is 292 g/mol. The topological polar surface area (TPSA) is 23.6 Å². The van der Waals surface area contributed by atoms with Crippen LogP contribution in [0.15, 0.2) is 22.7 Å². The number of piperidine rings is 1. The molecule has 0 radical (unpaired) electrons. The van der Waals surface area contributed by atoms with Crippen LogP contribution in [-0.4, -0.2) is 38.0 Å². The lowest BCUT2D eigenvalue weighted by atomic mass is 9.74. The van der Waals surface area contributed by atoms with Gasteiger partial charge in [-0.2, -0.15) is 0 Å². The minimum Gasteiger partial charge on any atom is -0.314 e. The molecule has 4 heteroatoms. The lowest BCUT2D eigenvalue weighted by molar-refractivity contribution is -0.124. The number of fused-ring (bicyclic) bond motifs is 2. The van der Waals surface area contributed by atoms with Crippen molar-refractivity contribution in [3.05, 3.63) is 28.2 Å². The number of amides is 1. The predicted molar refractivity (Wildman–Crippen MR) is 76.0 cm³/mol. The van der Waals surface area contributed by atoms with Gasteiger partial charge in [-0.1, -0.05) is 15.9 Å². The maximum Gasteiger partial charge on any atom is 0.237 e. The normalized spacial score (nSPS) is 22.6. The van der Waals surface area contributed by atoms with E-state index in [2.05, 4.69) is 33.9 Å². The zero-order valence-corrected chi connectivity index (χ0v) is 12.3. The number of hydrogen-bond acceptors (Lipinski definition) is 2. The van der Waals surface area contributed by atoms with Crippen molar-refractivity contribution in [2.75, 3.05) is 32.1 Å². The fraction of sp³-hybridized carbons (Fsp3) is 0.500. The lowest BCUT2D eigenvalue weighted by Crippen LogP contribution is -2.47. The van der Waals surface area contributed by atoms with Crippen molar-refractivity contribution in [2.24, 2.45) is 0 Å². The average Bonchev–Trinajstić information content (AvgIpc) is 2.56. The van der Waals surface area contributed by atoms with E-state index in [1.54, 1.807) is 0 Å². The monoisotopic (exact) mass is 308 g/mol. The molecule has 0 saturated carbocycles. The van der Waals surface area contributed by atoms with Gasteiger partial charge in [0, 0.05) is 17.2 Å². The van der Waals surface area contributed by atoms with E-state index in [0.29, 0.717) is 0 Å². The maximum atomic E-state index is 12.6. The van der Waals surface area contributed by atoms with Crippen LogP contribution in [0.1, 0.15) is 18.4 Å². The third-order valence-corrected chi connectivity index (χ3v) is 4.88. The zero-order valence-electron chi connectivity index (χ0n) is 10.7. The van der Waals surface area contributed by atoms with E-state index in [1.807, 2.05) is 24.1 Å². The first-order valence-electron chi connectivity index (χ1n) is 6.31. The highest BCUT2D eigenvalue weighted by molar-refractivity contribution is 9.10. The van der Waals surface area contributed by atoms with Gasteiger partial charge in [-0.15, -0.1) is 0 Å². The van der Waals surface area contributed by atoms with Gasteiger partial charge in [-0.3, -0.25) is 4.79 Å². The van der Waals surface area contributed by atoms with Gasteiger partial charge in [0.1, 0.15) is 0 Å². The molecular formula is C14H17BrN2O. The number of likely N-dealkylation sites (tertiary alicyclic amines) is 1. The fourth-order valence-electron chi connectivity index (χ4n) is 3.21. The number of carbonyl (C=O) groups excluding carboxylic acids is 1. The van der Waals surface area contributed by atoms with Gasteiger partial charge in [0.15, 0.2) is 0 Å². The van der Waals surface area contributed by atoms with Crippen molar-refractivity contribution >= 4 is 27.5 Å². The molecule has 1 aromatic rings. The Morgan fingerprint density at radius 3 is 2.56 bits per heavy atom. The van der Waals surface area contributed by atoms with Crippen LogP contribution in [0.4, 0.5) is 5.69 Å². The minimum atomic E-state index is -0.277. The van der Waals surface area contributed by atoms with E-state index in [1.165, 1.54) is 5.56 Å². The van der Waals surface area contributed by atoms with Gasteiger partial charge in [-0.05, 0) is 56.7 Å². The molecule has 0 bridgehead atoms. The summed E-state index contributed by atoms with van der Waals surface area (Å²) in [5, 5.41) is 0. The van der Waals surface area contributed by atoms with Crippen LogP contribution in [-0.2, 0) is 10.2 Å². The van der Waals surface area contributed by atoms with Crippen LogP contribution in [0.2, 0.25) is 0 Å². The zero-order chi connectivity index (χ0) is 12.9. The summed E-state index contributed by atoms with van der Waals surface area (Å²) in [5.41, 5.74) is 2.01. The molecule has 0 aliphatic carbocycles. The van der Waals surface area contributed by atoms with Gasteiger partial charge < -0.3 is 9.80 Å². The van der Waals surface area contributed by atoms with Gasteiger partial charge in [0.05, 0.1) is 5.41 Å². The lowest BCUT2D eigenvalue weighted by Gasteiger charge is -2.36. The first-order chi connectivity index (χ1) is 8.54. The second-order valence-corrected chi connectivity index (χ2v) is 6.33. The molecule has 18 heavy (non-hydrogen) atoms. The summed E-state index contributed by atoms with van der Waals surface area (Å²) in [5.74, 6) is 0.267. The van der Waals surface area contributed by atoms with Gasteiger partial charge in [0.25, 0.3) is 0 Å². The van der Waals surface area contributed by atoms with E-state index in [9.17, 15) is 4.79 Å². The SMILES string of the molecule is CN1CCC2(CC1)C(=O)N(C)c1ccc(Br)cc12. The van der Waals surface area contributed by atoms with Gasteiger partial charge >= 0.3 is 0 Å². The third kappa shape index (κ3) is 1.55. The Labute approximate surface area is 116 Å². The number of hydrogen-bond donors (Lipinski definition) is 0. The van der Waals surface area contributed by atoms with Gasteiger partial charge in [0.2, 0.25) is 5.91 Å². The average molecular weight is 309 g/mol. The Morgan fingerprint density at radius 2 is 1.89 bits per heavy atom. The van der Waals surface area contributed by atoms with E-state index in [4.69, 9.17) is 0 Å². The van der Waals surface area contributed by atoms with Crippen molar-refractivity contribution in [2.45, 2.75) is 18.3 Å². The third-order valence-electron chi connectivity index (χ3n) is 4.39. The summed E-state index contributed by atoms with van der Waals surface area (Å²) in [4.78, 5) is 16.8. The molecule has 96 valence electrons. The molecule has 1 amide bonds. The summed E-state index contributed by atoms with van der Waals surface area (Å²) < 4.78 is 1.06. The molecule has 0 N–H and O–H groups in total. The standard InChI is InChI=1S/C14H17BrN2O/c1-16-7-5-14(6-8-16)11-9-10(15)3-4-12(11)17(2)13(14)18/h3-4,9H,5-8H2,1-2H3. The Morgan fingerprint density at radius 1 is 1.22 bits per heavy atom. The van der Waals surface area contributed by atoms with Crippen LogP contribution in [0.3, 0.4) is 0 Å². The number of benzene rings is 1. The highest BCUT2D eigenvalue weighted by Gasteiger charge is 2.50. The fourth-order valence-corrected chi connectivity index (χ4v) is 3.57. The quantitative estimate of drug-likeness (QED) is 0.735.